The van der Waals surface area contributed by atoms with Gasteiger partial charge in [0.1, 0.15) is 0 Å². The zero-order valence-electron chi connectivity index (χ0n) is 10.9. The van der Waals surface area contributed by atoms with Crippen LogP contribution >= 0.6 is 0 Å². The number of fused-ring (bicyclic) bond motifs is 1. The molecule has 0 saturated carbocycles. The van der Waals surface area contributed by atoms with Crippen molar-refractivity contribution in [1.82, 2.24) is 5.32 Å². The molecule has 1 N–H and O–H groups in total. The van der Waals surface area contributed by atoms with Crippen LogP contribution in [0.1, 0.15) is 18.9 Å². The van der Waals surface area contributed by atoms with E-state index in [1.54, 1.807) is 12.2 Å². The smallest absolute Gasteiger partial charge is 0.243 e. The second kappa shape index (κ2) is 6.24. The number of hydrogen-bond acceptors (Lipinski definition) is 2. The molecule has 3 heteroatoms. The van der Waals surface area contributed by atoms with Crippen LogP contribution in [0.25, 0.3) is 0 Å². The first kappa shape index (κ1) is 12.7. The quantitative estimate of drug-likeness (QED) is 0.635. The third-order valence-corrected chi connectivity index (χ3v) is 3.21. The van der Waals surface area contributed by atoms with Crippen molar-refractivity contribution < 1.29 is 4.79 Å². The van der Waals surface area contributed by atoms with Crippen LogP contribution in [0, 0.1) is 0 Å². The molecule has 0 unspecified atom stereocenters. The predicted octanol–water partition coefficient (Wildman–Crippen LogP) is 2.13. The zero-order valence-corrected chi connectivity index (χ0v) is 10.9. The molecule has 1 aromatic rings. The van der Waals surface area contributed by atoms with E-state index in [1.807, 2.05) is 6.92 Å². The maximum absolute atomic E-state index is 11.2. The van der Waals surface area contributed by atoms with Gasteiger partial charge in [0.15, 0.2) is 0 Å². The van der Waals surface area contributed by atoms with Gasteiger partial charge in [0.25, 0.3) is 0 Å². The number of allylic oxidation sites excluding steroid dienone is 1. The van der Waals surface area contributed by atoms with Gasteiger partial charge in [-0.25, -0.2) is 0 Å². The number of amides is 1. The molecular formula is C15H20N2O. The van der Waals surface area contributed by atoms with E-state index in [0.29, 0.717) is 0 Å². The van der Waals surface area contributed by atoms with Crippen molar-refractivity contribution in [1.29, 1.82) is 0 Å². The maximum atomic E-state index is 11.2. The van der Waals surface area contributed by atoms with Gasteiger partial charge in [-0.15, -0.1) is 0 Å². The van der Waals surface area contributed by atoms with Crippen LogP contribution in [0.15, 0.2) is 36.4 Å². The highest BCUT2D eigenvalue weighted by molar-refractivity contribution is 5.87. The van der Waals surface area contributed by atoms with Crippen LogP contribution in [0.5, 0.6) is 0 Å². The molecule has 1 aliphatic heterocycles. The van der Waals surface area contributed by atoms with Crippen molar-refractivity contribution in [3.8, 4) is 0 Å². The highest BCUT2D eigenvalue weighted by Crippen LogP contribution is 2.26. The lowest BCUT2D eigenvalue weighted by atomic mass is 10.2. The average molecular weight is 244 g/mol. The largest absolute Gasteiger partial charge is 0.371 e. The van der Waals surface area contributed by atoms with E-state index in [9.17, 15) is 4.79 Å². The van der Waals surface area contributed by atoms with E-state index in [4.69, 9.17) is 0 Å². The SMILES string of the molecule is C/C=C/C(=O)NCCCN1CCc2ccccc21. The minimum atomic E-state index is -0.000628. The summed E-state index contributed by atoms with van der Waals surface area (Å²) < 4.78 is 0. The molecule has 96 valence electrons. The molecule has 1 amide bonds. The number of rotatable bonds is 5. The molecular weight excluding hydrogens is 224 g/mol. The van der Waals surface area contributed by atoms with Gasteiger partial charge in [-0.1, -0.05) is 24.3 Å². The molecule has 0 saturated heterocycles. The van der Waals surface area contributed by atoms with E-state index < -0.39 is 0 Å². The van der Waals surface area contributed by atoms with Crippen LogP contribution in [0.2, 0.25) is 0 Å². The number of nitrogens with one attached hydrogen (secondary N) is 1. The fourth-order valence-electron chi connectivity index (χ4n) is 2.33. The number of carbonyl (C=O) groups is 1. The van der Waals surface area contributed by atoms with Crippen molar-refractivity contribution in [3.63, 3.8) is 0 Å². The maximum Gasteiger partial charge on any atom is 0.243 e. The molecule has 0 fully saturated rings. The highest BCUT2D eigenvalue weighted by Gasteiger charge is 2.17. The van der Waals surface area contributed by atoms with Crippen LogP contribution in [0.3, 0.4) is 0 Å². The third-order valence-electron chi connectivity index (χ3n) is 3.21. The van der Waals surface area contributed by atoms with Crippen molar-refractivity contribution in [2.45, 2.75) is 19.8 Å². The summed E-state index contributed by atoms with van der Waals surface area (Å²) in [7, 11) is 0. The monoisotopic (exact) mass is 244 g/mol. The van der Waals surface area contributed by atoms with Crippen molar-refractivity contribution >= 4 is 11.6 Å². The molecule has 0 spiro atoms. The van der Waals surface area contributed by atoms with Crippen LogP contribution in [0.4, 0.5) is 5.69 Å². The number of hydrogen-bond donors (Lipinski definition) is 1. The first-order chi connectivity index (χ1) is 8.81. The number of anilines is 1. The molecule has 18 heavy (non-hydrogen) atoms. The Morgan fingerprint density at radius 3 is 3.11 bits per heavy atom. The van der Waals surface area contributed by atoms with Gasteiger partial charge >= 0.3 is 0 Å². The summed E-state index contributed by atoms with van der Waals surface area (Å²) in [6, 6.07) is 8.56. The van der Waals surface area contributed by atoms with Gasteiger partial charge in [0.2, 0.25) is 5.91 Å². The Hall–Kier alpha value is -1.77. The van der Waals surface area contributed by atoms with E-state index in [-0.39, 0.29) is 5.91 Å². The molecule has 2 rings (SSSR count). The van der Waals surface area contributed by atoms with Crippen LogP contribution in [-0.2, 0) is 11.2 Å². The van der Waals surface area contributed by atoms with Gasteiger partial charge in [-0.05, 0) is 37.5 Å². The summed E-state index contributed by atoms with van der Waals surface area (Å²) in [5, 5.41) is 2.88. The molecule has 0 atom stereocenters. The van der Waals surface area contributed by atoms with E-state index in [0.717, 1.165) is 32.5 Å². The molecule has 0 radical (unpaired) electrons. The third kappa shape index (κ3) is 3.13. The Morgan fingerprint density at radius 1 is 1.44 bits per heavy atom. The number of benzene rings is 1. The zero-order chi connectivity index (χ0) is 12.8. The Bertz CT molecular complexity index is 440. The predicted molar refractivity (Wildman–Crippen MR) is 74.8 cm³/mol. The standard InChI is InChI=1S/C15H20N2O/c1-2-6-15(18)16-10-5-11-17-12-9-13-7-3-4-8-14(13)17/h2-4,6-8H,5,9-12H2,1H3,(H,16,18)/b6-2+. The Morgan fingerprint density at radius 2 is 2.28 bits per heavy atom. The summed E-state index contributed by atoms with van der Waals surface area (Å²) in [6.45, 7) is 4.69. The van der Waals surface area contributed by atoms with Gasteiger partial charge in [-0.3, -0.25) is 4.79 Å². The summed E-state index contributed by atoms with van der Waals surface area (Å²) in [5.74, 6) is -0.000628. The molecule has 0 aromatic heterocycles. The highest BCUT2D eigenvalue weighted by atomic mass is 16.1. The van der Waals surface area contributed by atoms with E-state index >= 15 is 0 Å². The number of nitrogens with zero attached hydrogens (tertiary/aromatic N) is 1. The van der Waals surface area contributed by atoms with E-state index in [1.165, 1.54) is 11.3 Å². The first-order valence-electron chi connectivity index (χ1n) is 6.54. The Kier molecular flexibility index (Phi) is 4.40. The minimum Gasteiger partial charge on any atom is -0.371 e. The van der Waals surface area contributed by atoms with Gasteiger partial charge < -0.3 is 10.2 Å². The van der Waals surface area contributed by atoms with Crippen molar-refractivity contribution in [3.05, 3.63) is 42.0 Å². The van der Waals surface area contributed by atoms with Gasteiger partial charge in [0.05, 0.1) is 0 Å². The van der Waals surface area contributed by atoms with Gasteiger partial charge in [0, 0.05) is 25.3 Å². The molecule has 0 aliphatic carbocycles. The summed E-state index contributed by atoms with van der Waals surface area (Å²) >= 11 is 0. The summed E-state index contributed by atoms with van der Waals surface area (Å²) in [6.07, 6.45) is 5.44. The first-order valence-corrected chi connectivity index (χ1v) is 6.54. The number of para-hydroxylation sites is 1. The molecule has 3 nitrogen and oxygen atoms in total. The van der Waals surface area contributed by atoms with Crippen LogP contribution < -0.4 is 10.2 Å². The van der Waals surface area contributed by atoms with E-state index in [2.05, 4.69) is 34.5 Å². The minimum absolute atomic E-state index is 0.000628. The second-order valence-electron chi connectivity index (χ2n) is 4.51. The lowest BCUT2D eigenvalue weighted by Gasteiger charge is -2.19. The van der Waals surface area contributed by atoms with Crippen molar-refractivity contribution in [2.24, 2.45) is 0 Å². The van der Waals surface area contributed by atoms with Gasteiger partial charge in [-0.2, -0.15) is 0 Å². The van der Waals surface area contributed by atoms with Crippen molar-refractivity contribution in [2.75, 3.05) is 24.5 Å². The fraction of sp³-hybridized carbons (Fsp3) is 0.400. The van der Waals surface area contributed by atoms with Crippen LogP contribution in [-0.4, -0.2) is 25.5 Å². The molecule has 1 aromatic carbocycles. The second-order valence-corrected chi connectivity index (χ2v) is 4.51. The summed E-state index contributed by atoms with van der Waals surface area (Å²) in [5.41, 5.74) is 2.80. The molecule has 0 bridgehead atoms. The summed E-state index contributed by atoms with van der Waals surface area (Å²) in [4.78, 5) is 13.6. The number of carbonyl (C=O) groups excluding carboxylic acids is 1. The fourth-order valence-corrected chi connectivity index (χ4v) is 2.33. The topological polar surface area (TPSA) is 32.3 Å². The molecule has 1 aliphatic rings. The Balaban J connectivity index is 1.74. The molecule has 1 heterocycles. The average Bonchev–Trinajstić information content (AvgIpc) is 2.78. The Labute approximate surface area is 108 Å². The lowest BCUT2D eigenvalue weighted by Crippen LogP contribution is -2.28. The normalized spacial score (nSPS) is 13.9. The lowest BCUT2D eigenvalue weighted by molar-refractivity contribution is -0.116.